The molecule has 0 aliphatic rings. The third kappa shape index (κ3) is 6.28. The third-order valence-electron chi connectivity index (χ3n) is 5.27. The Morgan fingerprint density at radius 1 is 1.00 bits per heavy atom. The molecule has 0 spiro atoms. The topological polar surface area (TPSA) is 59.2 Å². The number of H-pyrrole nitrogens is 1. The largest absolute Gasteiger partial charge is 0.490 e. The smallest absolute Gasteiger partial charge is 0.162 e. The molecule has 0 fully saturated rings. The van der Waals surface area contributed by atoms with Crippen LogP contribution in [0.4, 0.5) is 0 Å². The Hall–Kier alpha value is -2.54. The first-order chi connectivity index (χ1) is 16.1. The number of halogens is 2. The van der Waals surface area contributed by atoms with E-state index in [9.17, 15) is 0 Å². The number of benzene rings is 3. The number of rotatable bonds is 11. The Morgan fingerprint density at radius 3 is 2.61 bits per heavy atom. The van der Waals surface area contributed by atoms with Gasteiger partial charge >= 0.3 is 0 Å². The van der Waals surface area contributed by atoms with E-state index >= 15 is 0 Å². The molecule has 0 bridgehead atoms. The average Bonchev–Trinajstić information content (AvgIpc) is 3.23. The third-order valence-corrected chi connectivity index (χ3v) is 6.38. The summed E-state index contributed by atoms with van der Waals surface area (Å²) in [5, 5.41) is 4.21. The molecule has 2 N–H and O–H groups in total. The molecule has 1 aromatic heterocycles. The molecular formula is C26H27BrClN3O2. The predicted octanol–water partition coefficient (Wildman–Crippen LogP) is 6.68. The lowest BCUT2D eigenvalue weighted by Crippen LogP contribution is -2.16. The van der Waals surface area contributed by atoms with Gasteiger partial charge in [-0.25, -0.2) is 4.98 Å². The van der Waals surface area contributed by atoms with Gasteiger partial charge in [0.25, 0.3) is 0 Å². The van der Waals surface area contributed by atoms with E-state index in [4.69, 9.17) is 21.1 Å². The zero-order valence-electron chi connectivity index (χ0n) is 18.5. The maximum Gasteiger partial charge on any atom is 0.162 e. The second-order valence-corrected chi connectivity index (χ2v) is 8.95. The molecule has 1 heterocycles. The molecule has 5 nitrogen and oxygen atoms in total. The zero-order valence-corrected chi connectivity index (χ0v) is 20.9. The fourth-order valence-corrected chi connectivity index (χ4v) is 4.25. The summed E-state index contributed by atoms with van der Waals surface area (Å²) < 4.78 is 12.9. The number of hydrogen-bond donors (Lipinski definition) is 2. The normalized spacial score (nSPS) is 11.1. The van der Waals surface area contributed by atoms with Crippen molar-refractivity contribution in [3.05, 3.63) is 87.1 Å². The van der Waals surface area contributed by atoms with Gasteiger partial charge in [0.15, 0.2) is 11.5 Å². The van der Waals surface area contributed by atoms with E-state index in [0.717, 1.165) is 64.1 Å². The SMILES string of the molecule is CCOc1cc(CNCCCc2nc3ccccc3[nH]2)c(Br)cc1OCc1ccccc1Cl. The van der Waals surface area contributed by atoms with Gasteiger partial charge in [-0.3, -0.25) is 0 Å². The first-order valence-electron chi connectivity index (χ1n) is 11.1. The molecule has 4 rings (SSSR count). The first kappa shape index (κ1) is 23.6. The van der Waals surface area contributed by atoms with Crippen LogP contribution < -0.4 is 14.8 Å². The van der Waals surface area contributed by atoms with Crippen LogP contribution in [0.3, 0.4) is 0 Å². The van der Waals surface area contributed by atoms with Crippen LogP contribution in [0, 0.1) is 0 Å². The Morgan fingerprint density at radius 2 is 1.79 bits per heavy atom. The molecule has 0 atom stereocenters. The van der Waals surface area contributed by atoms with Gasteiger partial charge in [-0.1, -0.05) is 57.9 Å². The van der Waals surface area contributed by atoms with Crippen LogP contribution in [-0.2, 0) is 19.6 Å². The van der Waals surface area contributed by atoms with Crippen molar-refractivity contribution in [2.45, 2.75) is 32.9 Å². The summed E-state index contributed by atoms with van der Waals surface area (Å²) >= 11 is 9.94. The minimum atomic E-state index is 0.381. The van der Waals surface area contributed by atoms with E-state index < -0.39 is 0 Å². The van der Waals surface area contributed by atoms with Crippen molar-refractivity contribution >= 4 is 38.6 Å². The van der Waals surface area contributed by atoms with Crippen molar-refractivity contribution in [2.75, 3.05) is 13.2 Å². The number of hydrogen-bond acceptors (Lipinski definition) is 4. The Kier molecular flexibility index (Phi) is 8.26. The van der Waals surface area contributed by atoms with Gasteiger partial charge in [0, 0.05) is 28.0 Å². The highest BCUT2D eigenvalue weighted by Crippen LogP contribution is 2.35. The van der Waals surface area contributed by atoms with Crippen molar-refractivity contribution < 1.29 is 9.47 Å². The van der Waals surface area contributed by atoms with E-state index in [0.29, 0.717) is 24.0 Å². The van der Waals surface area contributed by atoms with Crippen LogP contribution in [0.15, 0.2) is 65.1 Å². The highest BCUT2D eigenvalue weighted by molar-refractivity contribution is 9.10. The molecule has 3 aromatic carbocycles. The van der Waals surface area contributed by atoms with Crippen LogP contribution in [0.2, 0.25) is 5.02 Å². The summed E-state index contributed by atoms with van der Waals surface area (Å²) in [4.78, 5) is 8.02. The van der Waals surface area contributed by atoms with Gasteiger partial charge in [0.1, 0.15) is 12.4 Å². The van der Waals surface area contributed by atoms with Crippen molar-refractivity contribution in [3.8, 4) is 11.5 Å². The van der Waals surface area contributed by atoms with Gasteiger partial charge in [0.2, 0.25) is 0 Å². The lowest BCUT2D eigenvalue weighted by Gasteiger charge is -2.16. The average molecular weight is 529 g/mol. The van der Waals surface area contributed by atoms with Crippen LogP contribution in [-0.4, -0.2) is 23.1 Å². The van der Waals surface area contributed by atoms with Crippen molar-refractivity contribution in [3.63, 3.8) is 0 Å². The molecular weight excluding hydrogens is 502 g/mol. The summed E-state index contributed by atoms with van der Waals surface area (Å²) in [5.74, 6) is 2.45. The van der Waals surface area contributed by atoms with Gasteiger partial charge in [-0.2, -0.15) is 0 Å². The molecule has 0 amide bonds. The lowest BCUT2D eigenvalue weighted by atomic mass is 10.2. The number of nitrogens with zero attached hydrogens (tertiary/aromatic N) is 1. The summed E-state index contributed by atoms with van der Waals surface area (Å²) in [6.07, 6.45) is 1.90. The number of fused-ring (bicyclic) bond motifs is 1. The quantitative estimate of drug-likeness (QED) is 0.213. The molecule has 172 valence electrons. The van der Waals surface area contributed by atoms with Crippen molar-refractivity contribution in [1.29, 1.82) is 0 Å². The summed E-state index contributed by atoms with van der Waals surface area (Å²) in [6.45, 7) is 4.53. The molecule has 0 unspecified atom stereocenters. The number of aryl methyl sites for hydroxylation is 1. The van der Waals surface area contributed by atoms with Crippen LogP contribution in [0.25, 0.3) is 11.0 Å². The zero-order chi connectivity index (χ0) is 23.0. The van der Waals surface area contributed by atoms with E-state index in [1.807, 2.05) is 61.5 Å². The minimum absolute atomic E-state index is 0.381. The second-order valence-electron chi connectivity index (χ2n) is 7.68. The van der Waals surface area contributed by atoms with E-state index in [1.54, 1.807) is 0 Å². The molecule has 0 aliphatic heterocycles. The van der Waals surface area contributed by atoms with Crippen LogP contribution in [0.5, 0.6) is 11.5 Å². The number of aromatic amines is 1. The van der Waals surface area contributed by atoms with E-state index in [1.165, 1.54) is 0 Å². The van der Waals surface area contributed by atoms with Gasteiger partial charge in [0.05, 0.1) is 17.6 Å². The number of para-hydroxylation sites is 2. The van der Waals surface area contributed by atoms with Crippen LogP contribution in [0.1, 0.15) is 30.3 Å². The molecule has 4 aromatic rings. The number of aromatic nitrogens is 2. The Balaban J connectivity index is 1.32. The minimum Gasteiger partial charge on any atom is -0.490 e. The predicted molar refractivity (Wildman–Crippen MR) is 137 cm³/mol. The highest BCUT2D eigenvalue weighted by Gasteiger charge is 2.12. The number of imidazole rings is 1. The fourth-order valence-electron chi connectivity index (χ4n) is 3.59. The Bertz CT molecular complexity index is 1180. The molecule has 0 saturated heterocycles. The standard InChI is InChI=1S/C26H27BrClN3O2/c1-2-32-24-14-19(20(27)15-25(24)33-17-18-8-3-4-9-21(18)28)16-29-13-7-12-26-30-22-10-5-6-11-23(22)31-26/h3-6,8-11,14-15,29H,2,7,12-13,16-17H2,1H3,(H,30,31). The monoisotopic (exact) mass is 527 g/mol. The maximum absolute atomic E-state index is 6.26. The van der Waals surface area contributed by atoms with E-state index in [2.05, 4.69) is 37.3 Å². The maximum atomic E-state index is 6.26. The molecule has 0 saturated carbocycles. The van der Waals surface area contributed by atoms with E-state index in [-0.39, 0.29) is 0 Å². The van der Waals surface area contributed by atoms with Crippen molar-refractivity contribution in [2.24, 2.45) is 0 Å². The first-order valence-corrected chi connectivity index (χ1v) is 12.3. The van der Waals surface area contributed by atoms with Crippen molar-refractivity contribution in [1.82, 2.24) is 15.3 Å². The molecule has 33 heavy (non-hydrogen) atoms. The van der Waals surface area contributed by atoms with Gasteiger partial charge in [-0.05, 0) is 55.8 Å². The molecule has 7 heteroatoms. The highest BCUT2D eigenvalue weighted by atomic mass is 79.9. The lowest BCUT2D eigenvalue weighted by molar-refractivity contribution is 0.269. The van der Waals surface area contributed by atoms with Crippen LogP contribution >= 0.6 is 27.5 Å². The Labute approximate surface area is 207 Å². The second kappa shape index (κ2) is 11.5. The van der Waals surface area contributed by atoms with Gasteiger partial charge in [-0.15, -0.1) is 0 Å². The summed E-state index contributed by atoms with van der Waals surface area (Å²) in [7, 11) is 0. The summed E-state index contributed by atoms with van der Waals surface area (Å²) in [6, 6.07) is 19.8. The fraction of sp³-hybridized carbons (Fsp3) is 0.269. The number of nitrogens with one attached hydrogen (secondary N) is 2. The molecule has 0 aliphatic carbocycles. The van der Waals surface area contributed by atoms with Gasteiger partial charge < -0.3 is 19.8 Å². The number of ether oxygens (including phenoxy) is 2. The summed E-state index contributed by atoms with van der Waals surface area (Å²) in [5.41, 5.74) is 4.16. The molecule has 0 radical (unpaired) electrons.